The maximum absolute atomic E-state index is 13.7. The SMILES string of the molecule is COc1c(Br)c([C@H]2ON=C(C(=O)N/N=C\c3ccccc3F)[C@@H]2C)c(OC)c2c1OCO2. The van der Waals surface area contributed by atoms with E-state index >= 15 is 0 Å². The molecule has 0 unspecified atom stereocenters. The van der Waals surface area contributed by atoms with Crippen LogP contribution < -0.4 is 24.4 Å². The topological polar surface area (TPSA) is 100.0 Å². The fourth-order valence-electron chi connectivity index (χ4n) is 3.48. The quantitative estimate of drug-likeness (QED) is 0.474. The van der Waals surface area contributed by atoms with Crippen LogP contribution in [-0.4, -0.2) is 38.8 Å². The first-order valence-electron chi connectivity index (χ1n) is 9.52. The van der Waals surface area contributed by atoms with Crippen LogP contribution in [0.25, 0.3) is 0 Å². The van der Waals surface area contributed by atoms with Crippen LogP contribution >= 0.6 is 15.9 Å². The molecule has 0 spiro atoms. The van der Waals surface area contributed by atoms with E-state index in [4.69, 9.17) is 23.8 Å². The minimum absolute atomic E-state index is 0.0171. The first-order chi connectivity index (χ1) is 15.5. The highest BCUT2D eigenvalue weighted by Gasteiger charge is 2.42. The molecule has 1 amide bonds. The number of benzene rings is 2. The zero-order valence-electron chi connectivity index (χ0n) is 17.3. The molecule has 0 aromatic heterocycles. The monoisotopic (exact) mass is 507 g/mol. The van der Waals surface area contributed by atoms with Gasteiger partial charge in [0.15, 0.2) is 23.3 Å². The lowest BCUT2D eigenvalue weighted by molar-refractivity contribution is -0.115. The van der Waals surface area contributed by atoms with E-state index in [0.717, 1.165) is 0 Å². The maximum atomic E-state index is 13.7. The molecular weight excluding hydrogens is 489 g/mol. The lowest BCUT2D eigenvalue weighted by Crippen LogP contribution is -2.31. The van der Waals surface area contributed by atoms with Gasteiger partial charge in [0.1, 0.15) is 5.82 Å². The lowest BCUT2D eigenvalue weighted by Gasteiger charge is -2.21. The van der Waals surface area contributed by atoms with Crippen LogP contribution in [0.1, 0.15) is 24.2 Å². The van der Waals surface area contributed by atoms with Gasteiger partial charge in [-0.05, 0) is 22.0 Å². The number of rotatable bonds is 6. The summed E-state index contributed by atoms with van der Waals surface area (Å²) >= 11 is 3.52. The Kier molecular flexibility index (Phi) is 6.17. The van der Waals surface area contributed by atoms with E-state index < -0.39 is 23.7 Å². The van der Waals surface area contributed by atoms with Gasteiger partial charge in [-0.15, -0.1) is 0 Å². The molecule has 32 heavy (non-hydrogen) atoms. The van der Waals surface area contributed by atoms with Crippen molar-refractivity contribution in [2.45, 2.75) is 13.0 Å². The summed E-state index contributed by atoms with van der Waals surface area (Å²) in [6.07, 6.45) is 0.535. The fraction of sp³-hybridized carbons (Fsp3) is 0.286. The number of carbonyl (C=O) groups excluding carboxylic acids is 1. The highest BCUT2D eigenvalue weighted by molar-refractivity contribution is 9.10. The molecule has 2 aliphatic heterocycles. The van der Waals surface area contributed by atoms with Gasteiger partial charge in [-0.25, -0.2) is 9.82 Å². The number of carbonyl (C=O) groups is 1. The van der Waals surface area contributed by atoms with Crippen LogP contribution in [0.15, 0.2) is 39.0 Å². The van der Waals surface area contributed by atoms with Crippen LogP contribution in [-0.2, 0) is 9.63 Å². The van der Waals surface area contributed by atoms with E-state index in [0.29, 0.717) is 33.0 Å². The number of oxime groups is 1. The molecule has 4 rings (SSSR count). The van der Waals surface area contributed by atoms with E-state index in [1.165, 1.54) is 32.6 Å². The van der Waals surface area contributed by atoms with Gasteiger partial charge in [0.25, 0.3) is 5.91 Å². The van der Waals surface area contributed by atoms with Crippen molar-refractivity contribution < 1.29 is 33.0 Å². The van der Waals surface area contributed by atoms with E-state index in [9.17, 15) is 9.18 Å². The van der Waals surface area contributed by atoms with Gasteiger partial charge in [0, 0.05) is 5.56 Å². The van der Waals surface area contributed by atoms with Gasteiger partial charge in [-0.3, -0.25) is 4.79 Å². The zero-order valence-corrected chi connectivity index (χ0v) is 18.9. The molecule has 0 bridgehead atoms. The second-order valence-electron chi connectivity index (χ2n) is 6.87. The second-order valence-corrected chi connectivity index (χ2v) is 7.66. The molecule has 2 aromatic rings. The zero-order chi connectivity index (χ0) is 22.8. The van der Waals surface area contributed by atoms with Crippen molar-refractivity contribution in [2.75, 3.05) is 21.0 Å². The normalized spacial score (nSPS) is 19.0. The van der Waals surface area contributed by atoms with E-state index in [1.807, 2.05) is 0 Å². The molecule has 168 valence electrons. The summed E-state index contributed by atoms with van der Waals surface area (Å²) in [6, 6.07) is 6.07. The van der Waals surface area contributed by atoms with E-state index in [1.54, 1.807) is 19.1 Å². The predicted octanol–water partition coefficient (Wildman–Crippen LogP) is 3.55. The van der Waals surface area contributed by atoms with Crippen molar-refractivity contribution >= 4 is 33.8 Å². The molecule has 0 saturated heterocycles. The standard InChI is InChI=1S/C21H19BrFN3O6/c1-10-15(21(27)25-24-8-11-6-4-5-7-12(11)23)26-32-16(10)13-14(22)18(29-3)20-19(17(13)28-2)30-9-31-20/h4-8,10,16H,9H2,1-3H3,(H,25,27)/b24-8-/t10-,16-/m0/s1. The van der Waals surface area contributed by atoms with Gasteiger partial charge in [0.2, 0.25) is 18.3 Å². The van der Waals surface area contributed by atoms with Gasteiger partial charge in [-0.2, -0.15) is 5.10 Å². The summed E-state index contributed by atoms with van der Waals surface area (Å²) in [4.78, 5) is 18.2. The average Bonchev–Trinajstić information content (AvgIpc) is 3.41. The van der Waals surface area contributed by atoms with Gasteiger partial charge >= 0.3 is 0 Å². The van der Waals surface area contributed by atoms with Gasteiger partial charge in [0.05, 0.1) is 36.4 Å². The molecule has 2 aliphatic rings. The fourth-order valence-corrected chi connectivity index (χ4v) is 4.23. The maximum Gasteiger partial charge on any atom is 0.289 e. The highest BCUT2D eigenvalue weighted by atomic mass is 79.9. The van der Waals surface area contributed by atoms with Crippen molar-refractivity contribution in [3.8, 4) is 23.0 Å². The van der Waals surface area contributed by atoms with Gasteiger partial charge < -0.3 is 23.8 Å². The van der Waals surface area contributed by atoms with Crippen molar-refractivity contribution in [1.82, 2.24) is 5.43 Å². The molecule has 0 aliphatic carbocycles. The average molecular weight is 508 g/mol. The summed E-state index contributed by atoms with van der Waals surface area (Å²) < 4.78 is 36.3. The first kappa shape index (κ1) is 21.9. The van der Waals surface area contributed by atoms with Crippen LogP contribution in [0, 0.1) is 11.7 Å². The third-order valence-corrected chi connectivity index (χ3v) is 5.84. The summed E-state index contributed by atoms with van der Waals surface area (Å²) in [7, 11) is 2.99. The number of halogens is 2. The number of amides is 1. The summed E-state index contributed by atoms with van der Waals surface area (Å²) in [6.45, 7) is 1.79. The Labute approximate surface area is 191 Å². The molecule has 0 saturated carbocycles. The Bertz CT molecular complexity index is 1120. The lowest BCUT2D eigenvalue weighted by atomic mass is 9.92. The second kappa shape index (κ2) is 9.03. The molecule has 2 heterocycles. The molecule has 2 atom stereocenters. The van der Waals surface area contributed by atoms with Crippen LogP contribution in [0.5, 0.6) is 23.0 Å². The Morgan fingerprint density at radius 1 is 1.25 bits per heavy atom. The van der Waals surface area contributed by atoms with Crippen LogP contribution in [0.4, 0.5) is 4.39 Å². The number of fused-ring (bicyclic) bond motifs is 1. The number of hydrogen-bond donors (Lipinski definition) is 1. The predicted molar refractivity (Wildman–Crippen MR) is 116 cm³/mol. The number of hydrazone groups is 1. The van der Waals surface area contributed by atoms with Crippen molar-refractivity contribution in [2.24, 2.45) is 16.2 Å². The Hall–Kier alpha value is -3.34. The molecule has 0 radical (unpaired) electrons. The van der Waals surface area contributed by atoms with E-state index in [2.05, 4.69) is 31.6 Å². The number of methoxy groups -OCH3 is 2. The Morgan fingerprint density at radius 2 is 1.94 bits per heavy atom. The van der Waals surface area contributed by atoms with Crippen molar-refractivity contribution in [3.63, 3.8) is 0 Å². The Morgan fingerprint density at radius 3 is 2.62 bits per heavy atom. The Balaban J connectivity index is 1.56. The van der Waals surface area contributed by atoms with E-state index in [-0.39, 0.29) is 18.1 Å². The summed E-state index contributed by atoms with van der Waals surface area (Å²) in [5.74, 6) is 0.0872. The molecule has 11 heteroatoms. The molecule has 1 N–H and O–H groups in total. The molecule has 0 fully saturated rings. The highest BCUT2D eigenvalue weighted by Crippen LogP contribution is 2.57. The molecular formula is C21H19BrFN3O6. The van der Waals surface area contributed by atoms with Crippen LogP contribution in [0.3, 0.4) is 0 Å². The van der Waals surface area contributed by atoms with Crippen molar-refractivity contribution in [3.05, 3.63) is 45.7 Å². The van der Waals surface area contributed by atoms with Crippen molar-refractivity contribution in [1.29, 1.82) is 0 Å². The molecule has 9 nitrogen and oxygen atoms in total. The largest absolute Gasteiger partial charge is 0.492 e. The first-order valence-corrected chi connectivity index (χ1v) is 10.3. The number of hydrogen-bond acceptors (Lipinski definition) is 8. The number of nitrogens with one attached hydrogen (secondary N) is 1. The third kappa shape index (κ3) is 3.72. The van der Waals surface area contributed by atoms with Gasteiger partial charge in [-0.1, -0.05) is 30.3 Å². The minimum Gasteiger partial charge on any atom is -0.492 e. The minimum atomic E-state index is -0.681. The summed E-state index contributed by atoms with van der Waals surface area (Å²) in [5.41, 5.74) is 3.27. The number of nitrogens with zero attached hydrogens (tertiary/aromatic N) is 2. The third-order valence-electron chi connectivity index (χ3n) is 5.06. The smallest absolute Gasteiger partial charge is 0.289 e. The number of ether oxygens (including phenoxy) is 4. The molecule has 2 aromatic carbocycles. The summed E-state index contributed by atoms with van der Waals surface area (Å²) in [5, 5.41) is 7.76. The van der Waals surface area contributed by atoms with Crippen LogP contribution in [0.2, 0.25) is 0 Å².